The van der Waals surface area contributed by atoms with Crippen LogP contribution in [0.25, 0.3) is 0 Å². The highest BCUT2D eigenvalue weighted by molar-refractivity contribution is 9.10. The molecule has 1 heterocycles. The van der Waals surface area contributed by atoms with Crippen molar-refractivity contribution in [1.82, 2.24) is 4.98 Å². The predicted octanol–water partition coefficient (Wildman–Crippen LogP) is 4.15. The molecule has 0 fully saturated rings. The summed E-state index contributed by atoms with van der Waals surface area (Å²) in [5, 5.41) is 3.38. The number of benzene rings is 1. The number of halogens is 1. The van der Waals surface area contributed by atoms with E-state index in [-0.39, 0.29) is 0 Å². The van der Waals surface area contributed by atoms with Crippen LogP contribution in [0.4, 0.5) is 11.4 Å². The van der Waals surface area contributed by atoms with E-state index < -0.39 is 0 Å². The molecule has 2 rings (SSSR count). The molecule has 0 spiro atoms. The molecule has 0 aliphatic rings. The molecule has 2 aromatic rings. The van der Waals surface area contributed by atoms with Crippen LogP contribution >= 0.6 is 28.1 Å². The fourth-order valence-electron chi connectivity index (χ4n) is 2.10. The number of thiocarbonyl (C=S) groups is 1. The molecular weight excluding hydrogens is 334 g/mol. The summed E-state index contributed by atoms with van der Waals surface area (Å²) < 4.78 is 0.999. The van der Waals surface area contributed by atoms with Crippen LogP contribution in [0.15, 0.2) is 28.7 Å². The number of nitrogens with zero attached hydrogens (tertiary/aromatic N) is 1. The first kappa shape index (κ1) is 14.9. The van der Waals surface area contributed by atoms with E-state index in [2.05, 4.69) is 45.3 Å². The lowest BCUT2D eigenvalue weighted by molar-refractivity contribution is 1.11. The van der Waals surface area contributed by atoms with Crippen LogP contribution < -0.4 is 11.1 Å². The molecule has 0 aliphatic heterocycles. The van der Waals surface area contributed by atoms with Crippen molar-refractivity contribution in [2.24, 2.45) is 5.73 Å². The molecular formula is C15H16BrN3S. The molecule has 0 bridgehead atoms. The Bertz CT molecular complexity index is 683. The molecule has 1 aromatic carbocycles. The maximum Gasteiger partial charge on any atom is 0.107 e. The minimum Gasteiger partial charge on any atom is -0.389 e. The molecule has 0 atom stereocenters. The van der Waals surface area contributed by atoms with Gasteiger partial charge in [0.1, 0.15) is 4.99 Å². The van der Waals surface area contributed by atoms with Gasteiger partial charge in [-0.15, -0.1) is 0 Å². The molecule has 20 heavy (non-hydrogen) atoms. The fraction of sp³-hybridized carbons (Fsp3) is 0.200. The van der Waals surface area contributed by atoms with Gasteiger partial charge in [0.2, 0.25) is 0 Å². The van der Waals surface area contributed by atoms with Crippen LogP contribution in [0, 0.1) is 20.8 Å². The SMILES string of the molecule is Cc1ccc(Nc2cc(C)nc(C)c2C(N)=S)c(Br)c1. The van der Waals surface area contributed by atoms with E-state index in [0.717, 1.165) is 32.8 Å². The van der Waals surface area contributed by atoms with Crippen molar-refractivity contribution in [2.45, 2.75) is 20.8 Å². The molecule has 3 N–H and O–H groups in total. The molecule has 1 aromatic heterocycles. The van der Waals surface area contributed by atoms with Crippen molar-refractivity contribution in [2.75, 3.05) is 5.32 Å². The monoisotopic (exact) mass is 349 g/mol. The number of pyridine rings is 1. The van der Waals surface area contributed by atoms with Crippen molar-refractivity contribution < 1.29 is 0 Å². The number of nitrogens with one attached hydrogen (secondary N) is 1. The zero-order chi connectivity index (χ0) is 14.9. The molecule has 104 valence electrons. The maximum atomic E-state index is 5.82. The largest absolute Gasteiger partial charge is 0.389 e. The van der Waals surface area contributed by atoms with Gasteiger partial charge >= 0.3 is 0 Å². The summed E-state index contributed by atoms with van der Waals surface area (Å²) in [4.78, 5) is 4.76. The Balaban J connectivity index is 2.50. The number of hydrogen-bond acceptors (Lipinski definition) is 3. The van der Waals surface area contributed by atoms with E-state index in [1.165, 1.54) is 5.56 Å². The van der Waals surface area contributed by atoms with E-state index in [1.54, 1.807) is 0 Å². The highest BCUT2D eigenvalue weighted by atomic mass is 79.9. The highest BCUT2D eigenvalue weighted by Gasteiger charge is 2.12. The number of nitrogens with two attached hydrogens (primary N) is 1. The molecule has 0 radical (unpaired) electrons. The van der Waals surface area contributed by atoms with Crippen molar-refractivity contribution in [3.63, 3.8) is 0 Å². The number of aromatic nitrogens is 1. The van der Waals surface area contributed by atoms with Crippen LogP contribution in [0.5, 0.6) is 0 Å². The van der Waals surface area contributed by atoms with Gasteiger partial charge in [0.25, 0.3) is 0 Å². The van der Waals surface area contributed by atoms with E-state index >= 15 is 0 Å². The van der Waals surface area contributed by atoms with Gasteiger partial charge < -0.3 is 11.1 Å². The predicted molar refractivity (Wildman–Crippen MR) is 91.8 cm³/mol. The molecule has 5 heteroatoms. The highest BCUT2D eigenvalue weighted by Crippen LogP contribution is 2.29. The lowest BCUT2D eigenvalue weighted by atomic mass is 10.1. The summed E-state index contributed by atoms with van der Waals surface area (Å²) in [6.45, 7) is 5.91. The Hall–Kier alpha value is -1.46. The van der Waals surface area contributed by atoms with Gasteiger partial charge in [0, 0.05) is 15.9 Å². The van der Waals surface area contributed by atoms with Gasteiger partial charge in [-0.3, -0.25) is 4.98 Å². The number of anilines is 2. The Morgan fingerprint density at radius 2 is 1.90 bits per heavy atom. The van der Waals surface area contributed by atoms with Gasteiger partial charge in [-0.2, -0.15) is 0 Å². The molecule has 0 saturated carbocycles. The summed E-state index contributed by atoms with van der Waals surface area (Å²) in [7, 11) is 0. The first-order chi connectivity index (χ1) is 9.38. The molecule has 0 saturated heterocycles. The van der Waals surface area contributed by atoms with Gasteiger partial charge in [-0.05, 0) is 60.5 Å². The van der Waals surface area contributed by atoms with Crippen molar-refractivity contribution in [3.8, 4) is 0 Å². The molecule has 3 nitrogen and oxygen atoms in total. The second-order valence-electron chi connectivity index (χ2n) is 4.74. The minimum absolute atomic E-state index is 0.348. The van der Waals surface area contributed by atoms with Crippen LogP contribution in [0.3, 0.4) is 0 Å². The summed E-state index contributed by atoms with van der Waals surface area (Å²) in [5.74, 6) is 0. The standard InChI is InChI=1S/C15H16BrN3S/c1-8-4-5-12(11(16)6-8)19-13-7-9(2)18-10(3)14(13)15(17)20/h4-7H,1-3H3,(H2,17,20)(H,18,19). The lowest BCUT2D eigenvalue weighted by Crippen LogP contribution is -2.15. The zero-order valence-corrected chi connectivity index (χ0v) is 14.0. The van der Waals surface area contributed by atoms with Crippen LogP contribution in [-0.4, -0.2) is 9.97 Å². The third kappa shape index (κ3) is 3.16. The Kier molecular flexibility index (Phi) is 4.40. The van der Waals surface area contributed by atoms with Gasteiger partial charge in [-0.1, -0.05) is 18.3 Å². The maximum absolute atomic E-state index is 5.82. The Labute approximate surface area is 132 Å². The van der Waals surface area contributed by atoms with Crippen molar-refractivity contribution in [1.29, 1.82) is 0 Å². The number of rotatable bonds is 3. The smallest absolute Gasteiger partial charge is 0.107 e. The normalized spacial score (nSPS) is 10.4. The quantitative estimate of drug-likeness (QED) is 0.817. The van der Waals surface area contributed by atoms with Gasteiger partial charge in [0.15, 0.2) is 0 Å². The van der Waals surface area contributed by atoms with E-state index in [0.29, 0.717) is 4.99 Å². The topological polar surface area (TPSA) is 50.9 Å². The second kappa shape index (κ2) is 5.89. The number of aryl methyl sites for hydroxylation is 3. The van der Waals surface area contributed by atoms with Crippen LogP contribution in [-0.2, 0) is 0 Å². The van der Waals surface area contributed by atoms with Gasteiger partial charge in [-0.25, -0.2) is 0 Å². The first-order valence-electron chi connectivity index (χ1n) is 6.19. The summed E-state index contributed by atoms with van der Waals surface area (Å²) in [6.07, 6.45) is 0. The lowest BCUT2D eigenvalue weighted by Gasteiger charge is -2.15. The fourth-order valence-corrected chi connectivity index (χ4v) is 2.95. The van der Waals surface area contributed by atoms with Crippen molar-refractivity contribution in [3.05, 3.63) is 51.3 Å². The molecule has 0 aliphatic carbocycles. The number of hydrogen-bond donors (Lipinski definition) is 2. The third-order valence-electron chi connectivity index (χ3n) is 2.97. The van der Waals surface area contributed by atoms with E-state index in [9.17, 15) is 0 Å². The zero-order valence-electron chi connectivity index (χ0n) is 11.6. The summed E-state index contributed by atoms with van der Waals surface area (Å²) >= 11 is 8.70. The summed E-state index contributed by atoms with van der Waals surface area (Å²) in [5.41, 5.74) is 11.4. The molecule has 0 amide bonds. The average molecular weight is 350 g/mol. The average Bonchev–Trinajstić information content (AvgIpc) is 2.31. The van der Waals surface area contributed by atoms with Gasteiger partial charge in [0.05, 0.1) is 16.9 Å². The van der Waals surface area contributed by atoms with Crippen molar-refractivity contribution >= 4 is 44.5 Å². The third-order valence-corrected chi connectivity index (χ3v) is 3.83. The van der Waals surface area contributed by atoms with E-state index in [1.807, 2.05) is 26.0 Å². The minimum atomic E-state index is 0.348. The Morgan fingerprint density at radius 1 is 1.20 bits per heavy atom. The molecule has 0 unspecified atom stereocenters. The summed E-state index contributed by atoms with van der Waals surface area (Å²) in [6, 6.07) is 8.08. The van der Waals surface area contributed by atoms with E-state index in [4.69, 9.17) is 18.0 Å². The first-order valence-corrected chi connectivity index (χ1v) is 7.40. The second-order valence-corrected chi connectivity index (χ2v) is 6.04. The van der Waals surface area contributed by atoms with Crippen LogP contribution in [0.2, 0.25) is 0 Å². The van der Waals surface area contributed by atoms with Crippen LogP contribution in [0.1, 0.15) is 22.5 Å². The Morgan fingerprint density at radius 3 is 2.50 bits per heavy atom.